The van der Waals surface area contributed by atoms with Gasteiger partial charge in [-0.2, -0.15) is 0 Å². The summed E-state index contributed by atoms with van der Waals surface area (Å²) in [7, 11) is -7.03. The van der Waals surface area contributed by atoms with Crippen LogP contribution in [0.25, 0.3) is 0 Å². The van der Waals surface area contributed by atoms with Gasteiger partial charge in [-0.1, -0.05) is 0 Å². The van der Waals surface area contributed by atoms with E-state index in [0.29, 0.717) is 0 Å². The molecule has 0 spiro atoms. The van der Waals surface area contributed by atoms with Gasteiger partial charge in [0.15, 0.2) is 0 Å². The predicted molar refractivity (Wildman–Crippen MR) is 19.1 cm³/mol. The van der Waals surface area contributed by atoms with Crippen LogP contribution in [0, 0.1) is 0 Å². The van der Waals surface area contributed by atoms with Crippen molar-refractivity contribution in [3.8, 4) is 0 Å². The summed E-state index contributed by atoms with van der Waals surface area (Å²) in [6, 6.07) is 0. The first-order valence-corrected chi connectivity index (χ1v) is 3.67. The third-order valence-corrected chi connectivity index (χ3v) is 1.50. The molecule has 0 saturated carbocycles. The Bertz CT molecular complexity index is 86.6. The molecule has 51 valence electrons. The Hall–Kier alpha value is 0.846. The minimum atomic E-state index is -3.51. The van der Waals surface area contributed by atoms with E-state index in [9.17, 15) is 18.9 Å². The van der Waals surface area contributed by atoms with E-state index >= 15 is 0 Å². The monoisotopic (exact) mass is 203 g/mol. The van der Waals surface area contributed by atoms with Gasteiger partial charge in [-0.05, 0) is 0 Å². The van der Waals surface area contributed by atoms with E-state index in [0.717, 1.165) is 0 Å². The Morgan fingerprint density at radius 3 is 1.38 bits per heavy atom. The summed E-state index contributed by atoms with van der Waals surface area (Å²) in [6.07, 6.45) is 0. The van der Waals surface area contributed by atoms with Crippen LogP contribution in [0.1, 0.15) is 0 Å². The summed E-state index contributed by atoms with van der Waals surface area (Å²) in [6.45, 7) is 0. The zero-order valence-corrected chi connectivity index (χ0v) is 6.42. The third-order valence-electron chi connectivity index (χ3n) is 0.167. The Kier molecular flexibility index (Phi) is 8.68. The maximum Gasteiger partial charge on any atom is 2.00 e. The van der Waals surface area contributed by atoms with Crippen molar-refractivity contribution in [3.05, 3.63) is 0 Å². The van der Waals surface area contributed by atoms with Gasteiger partial charge in [-0.15, -0.1) is 0 Å². The Labute approximate surface area is 57.2 Å². The van der Waals surface area contributed by atoms with E-state index in [4.69, 9.17) is 0 Å². The van der Waals surface area contributed by atoms with Crippen LogP contribution < -0.4 is 9.79 Å². The van der Waals surface area contributed by atoms with Crippen molar-refractivity contribution in [2.75, 3.05) is 0 Å². The normalized spacial score (nSPS) is 16.2. The minimum absolute atomic E-state index is 0. The van der Waals surface area contributed by atoms with E-state index in [-0.39, 0.29) is 16.8 Å². The maximum atomic E-state index is 9.29. The zero-order valence-electron chi connectivity index (χ0n) is 3.37. The van der Waals surface area contributed by atoms with Gasteiger partial charge in [0.2, 0.25) is 0 Å². The molecule has 0 amide bonds. The summed E-state index contributed by atoms with van der Waals surface area (Å²) in [5, 5.41) is 0. The Morgan fingerprint density at radius 2 is 1.38 bits per heavy atom. The van der Waals surface area contributed by atoms with Gasteiger partial charge in [0.05, 0.1) is 0 Å². The fourth-order valence-corrected chi connectivity index (χ4v) is 0.612. The molecule has 0 saturated heterocycles. The second-order valence-corrected chi connectivity index (χ2v) is 2.42. The quantitative estimate of drug-likeness (QED) is 0.509. The van der Waals surface area contributed by atoms with E-state index in [2.05, 4.69) is 4.31 Å². The molecule has 0 fully saturated rings. The number of hydrogen-bond acceptors (Lipinski definition) is 5. The minimum Gasteiger partial charge on any atom is -0.781 e. The maximum absolute atomic E-state index is 9.29. The van der Waals surface area contributed by atoms with Crippen molar-refractivity contribution in [1.82, 2.24) is 0 Å². The molecule has 0 rings (SSSR count). The summed E-state index contributed by atoms with van der Waals surface area (Å²) in [4.78, 5) is 18.6. The number of hydrogen-bond donors (Lipinski definition) is 0. The second-order valence-electron chi connectivity index (χ2n) is 0.602. The SMILES string of the molecule is O=[PH]([O-])O[PH](=O)[O-].[Co+2]. The zero-order chi connectivity index (χ0) is 5.86. The van der Waals surface area contributed by atoms with Crippen molar-refractivity contribution < 1.29 is 40.0 Å². The van der Waals surface area contributed by atoms with Crippen molar-refractivity contribution in [2.24, 2.45) is 0 Å². The van der Waals surface area contributed by atoms with Crippen molar-refractivity contribution in [1.29, 1.82) is 0 Å². The van der Waals surface area contributed by atoms with Gasteiger partial charge in [0.1, 0.15) is 16.5 Å². The van der Waals surface area contributed by atoms with Gasteiger partial charge in [-0.3, -0.25) is 4.31 Å². The van der Waals surface area contributed by atoms with E-state index in [1.165, 1.54) is 0 Å². The first kappa shape index (κ1) is 11.6. The van der Waals surface area contributed by atoms with Gasteiger partial charge >= 0.3 is 16.8 Å². The molecular weight excluding hydrogens is 201 g/mol. The molecule has 2 atom stereocenters. The molecule has 0 aromatic rings. The molecule has 0 aromatic carbocycles. The molecule has 0 N–H and O–H groups in total. The predicted octanol–water partition coefficient (Wildman–Crippen LogP) is -1.50. The summed E-state index contributed by atoms with van der Waals surface area (Å²) in [5.74, 6) is 0. The van der Waals surface area contributed by atoms with Gasteiger partial charge < -0.3 is 18.9 Å². The molecule has 0 aliphatic rings. The van der Waals surface area contributed by atoms with E-state index in [1.807, 2.05) is 0 Å². The van der Waals surface area contributed by atoms with Crippen molar-refractivity contribution >= 4 is 16.5 Å². The largest absolute Gasteiger partial charge is 2.00 e. The molecule has 0 aromatic heterocycles. The topological polar surface area (TPSA) is 89.5 Å². The average Bonchev–Trinajstić information content (AvgIpc) is 1.27. The van der Waals surface area contributed by atoms with Crippen LogP contribution in [0.4, 0.5) is 0 Å². The van der Waals surface area contributed by atoms with Crippen LogP contribution in [-0.4, -0.2) is 0 Å². The number of rotatable bonds is 2. The fraction of sp³-hybridized carbons (Fsp3) is 0. The molecule has 8 heteroatoms. The van der Waals surface area contributed by atoms with Gasteiger partial charge in [-0.25, -0.2) is 0 Å². The van der Waals surface area contributed by atoms with E-state index in [1.54, 1.807) is 0 Å². The molecule has 1 radical (unpaired) electrons. The van der Waals surface area contributed by atoms with Gasteiger partial charge in [0, 0.05) is 0 Å². The van der Waals surface area contributed by atoms with E-state index < -0.39 is 16.5 Å². The first-order chi connectivity index (χ1) is 3.13. The molecule has 5 nitrogen and oxygen atoms in total. The standard InChI is InChI=1S/Co.H4O5P2/c;1-6(2)5-7(3)4/h;6-7H,(H,1,2)(H,3,4)/q+2;/p-2. The van der Waals surface area contributed by atoms with Crippen LogP contribution in [0.2, 0.25) is 0 Å². The molecule has 0 bridgehead atoms. The third kappa shape index (κ3) is 9.96. The molecule has 2 unspecified atom stereocenters. The molecule has 0 aliphatic carbocycles. The average molecular weight is 203 g/mol. The Morgan fingerprint density at radius 1 is 1.12 bits per heavy atom. The van der Waals surface area contributed by atoms with Crippen LogP contribution in [0.3, 0.4) is 0 Å². The first-order valence-electron chi connectivity index (χ1n) is 1.22. The molecule has 0 heterocycles. The summed E-state index contributed by atoms with van der Waals surface area (Å²) in [5.41, 5.74) is 0. The summed E-state index contributed by atoms with van der Waals surface area (Å²) >= 11 is 0. The molecule has 0 aliphatic heterocycles. The molecule has 8 heavy (non-hydrogen) atoms. The van der Waals surface area contributed by atoms with Crippen LogP contribution in [0.15, 0.2) is 0 Å². The molecular formula is H2CoO5P2. The van der Waals surface area contributed by atoms with Crippen molar-refractivity contribution in [3.63, 3.8) is 0 Å². The van der Waals surface area contributed by atoms with Gasteiger partial charge in [0.25, 0.3) is 0 Å². The second kappa shape index (κ2) is 5.97. The smallest absolute Gasteiger partial charge is 0.781 e. The fourth-order valence-electron chi connectivity index (χ4n) is 0.0680. The van der Waals surface area contributed by atoms with Crippen LogP contribution in [-0.2, 0) is 30.2 Å². The van der Waals surface area contributed by atoms with Crippen LogP contribution >= 0.6 is 16.5 Å². The van der Waals surface area contributed by atoms with Crippen molar-refractivity contribution in [2.45, 2.75) is 0 Å². The summed E-state index contributed by atoms with van der Waals surface area (Å²) < 4.78 is 21.8. The Balaban J connectivity index is 0. The van der Waals surface area contributed by atoms with Crippen LogP contribution in [0.5, 0.6) is 0 Å².